The first-order valence-corrected chi connectivity index (χ1v) is 7.08. The Hall–Kier alpha value is -1.20. The normalized spacial score (nSPS) is 19.8. The number of rotatable bonds is 3. The lowest BCUT2D eigenvalue weighted by Gasteiger charge is -2.37. The van der Waals surface area contributed by atoms with E-state index in [4.69, 9.17) is 18.0 Å². The van der Waals surface area contributed by atoms with Crippen molar-refractivity contribution in [3.05, 3.63) is 23.4 Å². The van der Waals surface area contributed by atoms with Crippen molar-refractivity contribution < 1.29 is 0 Å². The van der Waals surface area contributed by atoms with Gasteiger partial charge in [-0.3, -0.25) is 0 Å². The van der Waals surface area contributed by atoms with Crippen molar-refractivity contribution in [2.75, 3.05) is 32.1 Å². The Bertz CT molecular complexity index is 473. The Labute approximate surface area is 120 Å². The molecule has 2 heterocycles. The van der Waals surface area contributed by atoms with Gasteiger partial charge >= 0.3 is 0 Å². The second kappa shape index (κ2) is 5.84. The van der Waals surface area contributed by atoms with Gasteiger partial charge in [-0.1, -0.05) is 12.2 Å². The Morgan fingerprint density at radius 1 is 1.47 bits per heavy atom. The van der Waals surface area contributed by atoms with Crippen LogP contribution in [0.4, 0.5) is 5.82 Å². The quantitative estimate of drug-likeness (QED) is 0.850. The molecule has 0 spiro atoms. The lowest BCUT2D eigenvalue weighted by Crippen LogP contribution is -2.46. The van der Waals surface area contributed by atoms with E-state index in [0.717, 1.165) is 30.2 Å². The molecule has 1 atom stereocenters. The molecule has 1 aliphatic heterocycles. The summed E-state index contributed by atoms with van der Waals surface area (Å²) in [6.07, 6.45) is 2.41. The monoisotopic (exact) mass is 278 g/mol. The van der Waals surface area contributed by atoms with E-state index in [1.807, 2.05) is 19.1 Å². The lowest BCUT2D eigenvalue weighted by molar-refractivity contribution is 0.257. The fraction of sp³-hybridized carbons (Fsp3) is 0.571. The summed E-state index contributed by atoms with van der Waals surface area (Å²) in [4.78, 5) is 9.67. The zero-order chi connectivity index (χ0) is 14.0. The van der Waals surface area contributed by atoms with E-state index in [0.29, 0.717) is 11.0 Å². The number of likely N-dealkylation sites (N-methyl/N-ethyl adjacent to an activating group) is 1. The highest BCUT2D eigenvalue weighted by Gasteiger charge is 2.24. The predicted octanol–water partition coefficient (Wildman–Crippen LogP) is 1.55. The highest BCUT2D eigenvalue weighted by atomic mass is 32.1. The van der Waals surface area contributed by atoms with Crippen molar-refractivity contribution >= 4 is 23.0 Å². The van der Waals surface area contributed by atoms with Crippen LogP contribution >= 0.6 is 12.2 Å². The molecule has 1 aromatic rings. The minimum Gasteiger partial charge on any atom is -0.389 e. The number of pyridine rings is 1. The topological polar surface area (TPSA) is 45.4 Å². The van der Waals surface area contributed by atoms with Crippen LogP contribution in [0.2, 0.25) is 0 Å². The van der Waals surface area contributed by atoms with Gasteiger partial charge in [-0.2, -0.15) is 0 Å². The number of hydrogen-bond donors (Lipinski definition) is 1. The largest absolute Gasteiger partial charge is 0.389 e. The summed E-state index contributed by atoms with van der Waals surface area (Å²) in [5.74, 6) is 0.944. The molecular formula is C14H22N4S. The third kappa shape index (κ3) is 3.22. The zero-order valence-electron chi connectivity index (χ0n) is 11.9. The van der Waals surface area contributed by atoms with Crippen molar-refractivity contribution in [3.63, 3.8) is 0 Å². The Balaban J connectivity index is 2.30. The maximum atomic E-state index is 5.82. The second-order valence-electron chi connectivity index (χ2n) is 5.39. The molecule has 2 N–H and O–H groups in total. The molecule has 0 amide bonds. The molecule has 0 aliphatic carbocycles. The van der Waals surface area contributed by atoms with Crippen LogP contribution in [0.1, 0.15) is 24.1 Å². The fourth-order valence-corrected chi connectivity index (χ4v) is 2.70. The molecule has 0 bridgehead atoms. The van der Waals surface area contributed by atoms with Crippen LogP contribution < -0.4 is 10.6 Å². The Morgan fingerprint density at radius 2 is 2.21 bits per heavy atom. The number of aromatic nitrogens is 1. The van der Waals surface area contributed by atoms with E-state index in [1.165, 1.54) is 12.8 Å². The Morgan fingerprint density at radius 3 is 2.84 bits per heavy atom. The smallest absolute Gasteiger partial charge is 0.139 e. The third-order valence-corrected chi connectivity index (χ3v) is 3.93. The maximum absolute atomic E-state index is 5.82. The van der Waals surface area contributed by atoms with Gasteiger partial charge in [0.15, 0.2) is 0 Å². The van der Waals surface area contributed by atoms with Gasteiger partial charge in [0.25, 0.3) is 0 Å². The molecule has 0 aromatic carbocycles. The first-order chi connectivity index (χ1) is 8.99. The van der Waals surface area contributed by atoms with E-state index in [2.05, 4.69) is 28.9 Å². The van der Waals surface area contributed by atoms with Crippen LogP contribution in [0.3, 0.4) is 0 Å². The van der Waals surface area contributed by atoms with Crippen LogP contribution in [-0.2, 0) is 0 Å². The average Bonchev–Trinajstić information content (AvgIpc) is 2.38. The maximum Gasteiger partial charge on any atom is 0.139 e. The first kappa shape index (κ1) is 14.2. The van der Waals surface area contributed by atoms with Gasteiger partial charge in [0.05, 0.1) is 5.56 Å². The van der Waals surface area contributed by atoms with Crippen LogP contribution in [0.5, 0.6) is 0 Å². The highest BCUT2D eigenvalue weighted by Crippen LogP contribution is 2.24. The molecule has 1 aromatic heterocycles. The molecule has 4 nitrogen and oxygen atoms in total. The zero-order valence-corrected chi connectivity index (χ0v) is 12.7. The summed E-state index contributed by atoms with van der Waals surface area (Å²) in [6, 6.07) is 4.51. The molecule has 19 heavy (non-hydrogen) atoms. The standard InChI is InChI=1S/C14H22N4S/c1-10-6-7-12(13(15)19)14(16-10)18-8-4-5-11(9-18)17(2)3/h6-7,11H,4-5,8-9H2,1-3H3,(H2,15,19). The van der Waals surface area contributed by atoms with Crippen molar-refractivity contribution in [2.45, 2.75) is 25.8 Å². The molecule has 1 aliphatic rings. The number of hydrogen-bond acceptors (Lipinski definition) is 4. The van der Waals surface area contributed by atoms with Crippen molar-refractivity contribution in [1.29, 1.82) is 0 Å². The van der Waals surface area contributed by atoms with Crippen molar-refractivity contribution in [1.82, 2.24) is 9.88 Å². The summed E-state index contributed by atoms with van der Waals surface area (Å²) in [5, 5.41) is 0. The van der Waals surface area contributed by atoms with Crippen LogP contribution in [-0.4, -0.2) is 48.1 Å². The van der Waals surface area contributed by atoms with Crippen LogP contribution in [0, 0.1) is 6.92 Å². The molecule has 104 valence electrons. The average molecular weight is 278 g/mol. The molecule has 0 saturated carbocycles. The lowest BCUT2D eigenvalue weighted by atomic mass is 10.0. The van der Waals surface area contributed by atoms with E-state index < -0.39 is 0 Å². The van der Waals surface area contributed by atoms with Gasteiger partial charge in [-0.05, 0) is 46.0 Å². The number of nitrogens with two attached hydrogens (primary N) is 1. The van der Waals surface area contributed by atoms with Gasteiger partial charge in [-0.25, -0.2) is 4.98 Å². The summed E-state index contributed by atoms with van der Waals surface area (Å²) in [6.45, 7) is 4.01. The van der Waals surface area contributed by atoms with E-state index in [9.17, 15) is 0 Å². The molecule has 5 heteroatoms. The van der Waals surface area contributed by atoms with E-state index >= 15 is 0 Å². The van der Waals surface area contributed by atoms with Crippen LogP contribution in [0.25, 0.3) is 0 Å². The van der Waals surface area contributed by atoms with E-state index in [-0.39, 0.29) is 0 Å². The SMILES string of the molecule is Cc1ccc(C(N)=S)c(N2CCCC(N(C)C)C2)n1. The van der Waals surface area contributed by atoms with E-state index in [1.54, 1.807) is 0 Å². The third-order valence-electron chi connectivity index (χ3n) is 3.71. The van der Waals surface area contributed by atoms with Crippen molar-refractivity contribution in [2.24, 2.45) is 5.73 Å². The predicted molar refractivity (Wildman–Crippen MR) is 83.8 cm³/mol. The molecule has 1 unspecified atom stereocenters. The number of aryl methyl sites for hydroxylation is 1. The number of anilines is 1. The number of thiocarbonyl (C=S) groups is 1. The summed E-state index contributed by atoms with van der Waals surface area (Å²) in [5.41, 5.74) is 7.71. The van der Waals surface area contributed by atoms with Crippen molar-refractivity contribution in [3.8, 4) is 0 Å². The second-order valence-corrected chi connectivity index (χ2v) is 5.83. The minimum atomic E-state index is 0.425. The Kier molecular flexibility index (Phi) is 4.37. The van der Waals surface area contributed by atoms with Gasteiger partial charge in [0, 0.05) is 24.8 Å². The first-order valence-electron chi connectivity index (χ1n) is 6.68. The highest BCUT2D eigenvalue weighted by molar-refractivity contribution is 7.80. The minimum absolute atomic E-state index is 0.425. The summed E-state index contributed by atoms with van der Waals surface area (Å²) >= 11 is 5.14. The van der Waals surface area contributed by atoms with Crippen LogP contribution in [0.15, 0.2) is 12.1 Å². The molecule has 1 fully saturated rings. The molecular weight excluding hydrogens is 256 g/mol. The fourth-order valence-electron chi connectivity index (χ4n) is 2.55. The molecule has 1 saturated heterocycles. The molecule has 0 radical (unpaired) electrons. The molecule has 2 rings (SSSR count). The summed E-state index contributed by atoms with van der Waals surface area (Å²) < 4.78 is 0. The van der Waals surface area contributed by atoms with Gasteiger partial charge in [-0.15, -0.1) is 0 Å². The van der Waals surface area contributed by atoms with Gasteiger partial charge in [0.2, 0.25) is 0 Å². The van der Waals surface area contributed by atoms with Gasteiger partial charge < -0.3 is 15.5 Å². The number of nitrogens with zero attached hydrogens (tertiary/aromatic N) is 3. The summed E-state index contributed by atoms with van der Waals surface area (Å²) in [7, 11) is 4.26. The number of piperidine rings is 1. The van der Waals surface area contributed by atoms with Gasteiger partial charge in [0.1, 0.15) is 10.8 Å².